The second-order valence-corrected chi connectivity index (χ2v) is 7.12. The number of fused-ring (bicyclic) bond motifs is 1. The molecule has 1 aliphatic carbocycles. The molecule has 1 fully saturated rings. The van der Waals surface area contributed by atoms with E-state index in [1.807, 2.05) is 17.0 Å². The molecule has 25 heavy (non-hydrogen) atoms. The Morgan fingerprint density at radius 3 is 2.60 bits per heavy atom. The predicted octanol–water partition coefficient (Wildman–Crippen LogP) is 2.33. The Hall–Kier alpha value is -2.20. The summed E-state index contributed by atoms with van der Waals surface area (Å²) >= 11 is 0. The van der Waals surface area contributed by atoms with E-state index in [1.165, 1.54) is 24.0 Å². The van der Waals surface area contributed by atoms with E-state index in [2.05, 4.69) is 34.1 Å². The molecule has 4 rings (SSSR count). The summed E-state index contributed by atoms with van der Waals surface area (Å²) in [5.41, 5.74) is 4.02. The van der Waals surface area contributed by atoms with E-state index in [1.54, 1.807) is 12.4 Å². The average Bonchev–Trinajstić information content (AvgIpc) is 2.68. The van der Waals surface area contributed by atoms with Crippen molar-refractivity contribution in [2.45, 2.75) is 31.7 Å². The van der Waals surface area contributed by atoms with E-state index < -0.39 is 0 Å². The molecule has 1 aliphatic heterocycles. The first-order valence-electron chi connectivity index (χ1n) is 9.27. The highest BCUT2D eigenvalue weighted by molar-refractivity contribution is 5.78. The second kappa shape index (κ2) is 7.36. The van der Waals surface area contributed by atoms with Crippen LogP contribution < -0.4 is 0 Å². The number of benzene rings is 1. The molecule has 2 heterocycles. The molecule has 130 valence electrons. The summed E-state index contributed by atoms with van der Waals surface area (Å²) in [7, 11) is 0. The van der Waals surface area contributed by atoms with Crippen LogP contribution in [0.1, 0.15) is 23.1 Å². The Bertz CT molecular complexity index is 723. The van der Waals surface area contributed by atoms with Gasteiger partial charge in [0.1, 0.15) is 0 Å². The van der Waals surface area contributed by atoms with E-state index in [4.69, 9.17) is 0 Å². The van der Waals surface area contributed by atoms with Crippen LogP contribution >= 0.6 is 0 Å². The summed E-state index contributed by atoms with van der Waals surface area (Å²) in [5, 5.41) is 0. The van der Waals surface area contributed by atoms with Gasteiger partial charge in [-0.25, -0.2) is 0 Å². The standard InChI is InChI=1S/C21H25N3O/c25-21(14-17-4-3-9-22-16-17)24-12-10-23(11-13-24)20-8-7-18-5-1-2-6-19(18)15-20/h1-6,9,16,20H,7-8,10-15H2/t20-/m0/s1. The third-order valence-electron chi connectivity index (χ3n) is 5.58. The minimum absolute atomic E-state index is 0.224. The number of hydrogen-bond donors (Lipinski definition) is 0. The fraction of sp³-hybridized carbons (Fsp3) is 0.429. The molecule has 1 saturated heterocycles. The first-order valence-corrected chi connectivity index (χ1v) is 9.27. The highest BCUT2D eigenvalue weighted by atomic mass is 16.2. The van der Waals surface area contributed by atoms with Crippen LogP contribution in [0.5, 0.6) is 0 Å². The number of carbonyl (C=O) groups is 1. The third kappa shape index (κ3) is 3.74. The van der Waals surface area contributed by atoms with Gasteiger partial charge in [-0.2, -0.15) is 0 Å². The van der Waals surface area contributed by atoms with Crippen LogP contribution in [0, 0.1) is 0 Å². The van der Waals surface area contributed by atoms with E-state index in [0.717, 1.165) is 38.2 Å². The van der Waals surface area contributed by atoms with Crippen molar-refractivity contribution in [3.63, 3.8) is 0 Å². The van der Waals surface area contributed by atoms with Crippen molar-refractivity contribution in [1.29, 1.82) is 0 Å². The van der Waals surface area contributed by atoms with E-state index >= 15 is 0 Å². The van der Waals surface area contributed by atoms with Crippen molar-refractivity contribution in [3.05, 3.63) is 65.5 Å². The Morgan fingerprint density at radius 1 is 1.04 bits per heavy atom. The minimum Gasteiger partial charge on any atom is -0.340 e. The van der Waals surface area contributed by atoms with E-state index in [-0.39, 0.29) is 5.91 Å². The number of nitrogens with zero attached hydrogens (tertiary/aromatic N) is 3. The molecular weight excluding hydrogens is 310 g/mol. The SMILES string of the molecule is O=C(Cc1cccnc1)N1CCN([C@H]2CCc3ccccc3C2)CC1. The van der Waals surface area contributed by atoms with Crippen molar-refractivity contribution in [3.8, 4) is 0 Å². The fourth-order valence-corrected chi connectivity index (χ4v) is 4.12. The lowest BCUT2D eigenvalue weighted by Crippen LogP contribution is -2.53. The van der Waals surface area contributed by atoms with Crippen LogP contribution in [0.25, 0.3) is 0 Å². The molecule has 1 atom stereocenters. The predicted molar refractivity (Wildman–Crippen MR) is 98.3 cm³/mol. The summed E-state index contributed by atoms with van der Waals surface area (Å²) in [6.07, 6.45) is 7.56. The van der Waals surface area contributed by atoms with Crippen LogP contribution in [-0.4, -0.2) is 52.9 Å². The maximum Gasteiger partial charge on any atom is 0.227 e. The second-order valence-electron chi connectivity index (χ2n) is 7.12. The highest BCUT2D eigenvalue weighted by Crippen LogP contribution is 2.25. The van der Waals surface area contributed by atoms with Gasteiger partial charge in [0.05, 0.1) is 6.42 Å². The molecule has 2 aromatic rings. The molecule has 2 aliphatic rings. The summed E-state index contributed by atoms with van der Waals surface area (Å²) < 4.78 is 0. The number of aryl methyl sites for hydroxylation is 1. The number of aromatic nitrogens is 1. The zero-order valence-electron chi connectivity index (χ0n) is 14.6. The molecule has 1 amide bonds. The monoisotopic (exact) mass is 335 g/mol. The van der Waals surface area contributed by atoms with Gasteiger partial charge in [0.25, 0.3) is 0 Å². The zero-order valence-corrected chi connectivity index (χ0v) is 14.6. The normalized spacial score (nSPS) is 21.0. The quantitative estimate of drug-likeness (QED) is 0.864. The smallest absolute Gasteiger partial charge is 0.227 e. The molecule has 1 aromatic carbocycles. The Morgan fingerprint density at radius 2 is 1.84 bits per heavy atom. The summed E-state index contributed by atoms with van der Waals surface area (Å²) in [6.45, 7) is 3.67. The average molecular weight is 335 g/mol. The molecular formula is C21H25N3O. The molecule has 0 saturated carbocycles. The van der Waals surface area contributed by atoms with Crippen LogP contribution in [0.2, 0.25) is 0 Å². The van der Waals surface area contributed by atoms with Crippen molar-refractivity contribution in [1.82, 2.24) is 14.8 Å². The summed E-state index contributed by atoms with van der Waals surface area (Å²) in [5.74, 6) is 0.224. The van der Waals surface area contributed by atoms with Crippen molar-refractivity contribution in [2.24, 2.45) is 0 Å². The van der Waals surface area contributed by atoms with Gasteiger partial charge in [-0.1, -0.05) is 30.3 Å². The first-order chi connectivity index (χ1) is 12.3. The fourth-order valence-electron chi connectivity index (χ4n) is 4.12. The highest BCUT2D eigenvalue weighted by Gasteiger charge is 2.28. The van der Waals surface area contributed by atoms with Gasteiger partial charge in [-0.3, -0.25) is 14.7 Å². The van der Waals surface area contributed by atoms with Gasteiger partial charge in [0.2, 0.25) is 5.91 Å². The van der Waals surface area contributed by atoms with Crippen molar-refractivity contribution in [2.75, 3.05) is 26.2 Å². The largest absolute Gasteiger partial charge is 0.340 e. The minimum atomic E-state index is 0.224. The van der Waals surface area contributed by atoms with Gasteiger partial charge in [-0.15, -0.1) is 0 Å². The van der Waals surface area contributed by atoms with E-state index in [0.29, 0.717) is 12.5 Å². The number of hydrogen-bond acceptors (Lipinski definition) is 3. The third-order valence-corrected chi connectivity index (χ3v) is 5.58. The van der Waals surface area contributed by atoms with Gasteiger partial charge >= 0.3 is 0 Å². The van der Waals surface area contributed by atoms with Crippen LogP contribution in [0.4, 0.5) is 0 Å². The maximum atomic E-state index is 12.5. The number of carbonyl (C=O) groups excluding carboxylic acids is 1. The number of amides is 1. The lowest BCUT2D eigenvalue weighted by Gasteiger charge is -2.41. The number of rotatable bonds is 3. The van der Waals surface area contributed by atoms with Crippen molar-refractivity contribution >= 4 is 5.91 Å². The summed E-state index contributed by atoms with van der Waals surface area (Å²) in [4.78, 5) is 21.2. The Kier molecular flexibility index (Phi) is 4.79. The van der Waals surface area contributed by atoms with E-state index in [9.17, 15) is 4.79 Å². The maximum absolute atomic E-state index is 12.5. The van der Waals surface area contributed by atoms with Gasteiger partial charge < -0.3 is 4.90 Å². The molecule has 4 nitrogen and oxygen atoms in total. The van der Waals surface area contributed by atoms with Crippen LogP contribution in [0.15, 0.2) is 48.8 Å². The molecule has 0 spiro atoms. The molecule has 4 heteroatoms. The molecule has 1 aromatic heterocycles. The lowest BCUT2D eigenvalue weighted by molar-refractivity contribution is -0.132. The van der Waals surface area contributed by atoms with Gasteiger partial charge in [0.15, 0.2) is 0 Å². The zero-order chi connectivity index (χ0) is 17.1. The van der Waals surface area contributed by atoms with Gasteiger partial charge in [0, 0.05) is 44.6 Å². The molecule has 0 radical (unpaired) electrons. The lowest BCUT2D eigenvalue weighted by atomic mass is 9.87. The molecule has 0 bridgehead atoms. The Labute approximate surface area is 149 Å². The summed E-state index contributed by atoms with van der Waals surface area (Å²) in [6, 6.07) is 13.3. The first kappa shape index (κ1) is 16.3. The van der Waals surface area contributed by atoms with Crippen LogP contribution in [0.3, 0.4) is 0 Å². The number of piperazine rings is 1. The van der Waals surface area contributed by atoms with Gasteiger partial charge in [-0.05, 0) is 42.0 Å². The Balaban J connectivity index is 1.31. The van der Waals surface area contributed by atoms with Crippen LogP contribution in [-0.2, 0) is 24.1 Å². The molecule has 0 unspecified atom stereocenters. The number of pyridine rings is 1. The van der Waals surface area contributed by atoms with Crippen molar-refractivity contribution < 1.29 is 4.79 Å². The topological polar surface area (TPSA) is 36.4 Å². The molecule has 0 N–H and O–H groups in total.